The van der Waals surface area contributed by atoms with E-state index in [1.165, 1.54) is 31.0 Å². The van der Waals surface area contributed by atoms with E-state index in [9.17, 15) is 8.78 Å². The Kier molecular flexibility index (Phi) is 5.66. The molecule has 2 saturated carbocycles. The van der Waals surface area contributed by atoms with Crippen LogP contribution in [0.15, 0.2) is 23.2 Å². The summed E-state index contributed by atoms with van der Waals surface area (Å²) in [6, 6.07) is 4.03. The Morgan fingerprint density at radius 2 is 2.04 bits per heavy atom. The van der Waals surface area contributed by atoms with Crippen LogP contribution in [0.1, 0.15) is 37.2 Å². The summed E-state index contributed by atoms with van der Waals surface area (Å²) >= 11 is 0. The Morgan fingerprint density at radius 3 is 2.71 bits per heavy atom. The highest BCUT2D eigenvalue weighted by atomic mass is 19.1. The molecule has 24 heavy (non-hydrogen) atoms. The molecule has 0 aromatic heterocycles. The van der Waals surface area contributed by atoms with Crippen LogP contribution in [0.25, 0.3) is 0 Å². The normalized spacial score (nSPS) is 23.2. The molecule has 2 N–H and O–H groups in total. The van der Waals surface area contributed by atoms with E-state index in [1.807, 2.05) is 0 Å². The van der Waals surface area contributed by atoms with Gasteiger partial charge in [-0.3, -0.25) is 4.99 Å². The first-order valence-corrected chi connectivity index (χ1v) is 8.68. The van der Waals surface area contributed by atoms with Crippen molar-refractivity contribution in [1.82, 2.24) is 10.6 Å². The molecule has 1 aromatic rings. The van der Waals surface area contributed by atoms with Gasteiger partial charge in [-0.15, -0.1) is 0 Å². The van der Waals surface area contributed by atoms with Crippen molar-refractivity contribution in [3.8, 4) is 0 Å². The number of rotatable bonds is 8. The van der Waals surface area contributed by atoms with Crippen LogP contribution in [0, 0.1) is 17.6 Å². The minimum Gasteiger partial charge on any atom is -0.381 e. The molecule has 4 nitrogen and oxygen atoms in total. The number of nitrogens with zero attached hydrogens (tertiary/aromatic N) is 1. The standard InChI is InChI=1S/C18H25F2N3O/c1-21-18(22-8-3-9-24-11-12-6-7-12)23-16-10-13(16)17-14(19)4-2-5-15(17)20/h2,4-5,12-13,16H,3,6-11H2,1H3,(H2,21,22,23). The minimum absolute atomic E-state index is 0.0220. The molecule has 0 aliphatic heterocycles. The maximum absolute atomic E-state index is 13.8. The first kappa shape index (κ1) is 17.1. The third kappa shape index (κ3) is 4.66. The van der Waals surface area contributed by atoms with E-state index in [-0.39, 0.29) is 17.5 Å². The quantitative estimate of drug-likeness (QED) is 0.436. The molecule has 0 spiro atoms. The first-order valence-electron chi connectivity index (χ1n) is 8.68. The van der Waals surface area contributed by atoms with Crippen LogP contribution >= 0.6 is 0 Å². The zero-order valence-electron chi connectivity index (χ0n) is 14.0. The van der Waals surface area contributed by atoms with Crippen molar-refractivity contribution in [2.24, 2.45) is 10.9 Å². The molecule has 2 atom stereocenters. The molecule has 2 fully saturated rings. The third-order valence-electron chi connectivity index (χ3n) is 4.52. The Morgan fingerprint density at radius 1 is 1.29 bits per heavy atom. The van der Waals surface area contributed by atoms with Gasteiger partial charge in [-0.2, -0.15) is 0 Å². The van der Waals surface area contributed by atoms with E-state index in [2.05, 4.69) is 15.6 Å². The topological polar surface area (TPSA) is 45.7 Å². The Hall–Kier alpha value is -1.69. The maximum Gasteiger partial charge on any atom is 0.191 e. The van der Waals surface area contributed by atoms with Gasteiger partial charge >= 0.3 is 0 Å². The van der Waals surface area contributed by atoms with Gasteiger partial charge in [-0.1, -0.05) is 6.07 Å². The second-order valence-electron chi connectivity index (χ2n) is 6.60. The number of guanidine groups is 1. The molecule has 0 saturated heterocycles. The van der Waals surface area contributed by atoms with E-state index in [0.717, 1.165) is 32.1 Å². The molecule has 6 heteroatoms. The minimum atomic E-state index is -0.472. The van der Waals surface area contributed by atoms with E-state index in [0.29, 0.717) is 12.4 Å². The van der Waals surface area contributed by atoms with Gasteiger partial charge in [-0.25, -0.2) is 8.78 Å². The lowest BCUT2D eigenvalue weighted by Crippen LogP contribution is -2.39. The van der Waals surface area contributed by atoms with Crippen molar-refractivity contribution >= 4 is 5.96 Å². The average molecular weight is 337 g/mol. The summed E-state index contributed by atoms with van der Waals surface area (Å²) in [5, 5.41) is 6.44. The van der Waals surface area contributed by atoms with Crippen molar-refractivity contribution in [2.75, 3.05) is 26.8 Å². The SMILES string of the molecule is CN=C(NCCCOCC1CC1)NC1CC1c1c(F)cccc1F. The molecular formula is C18H25F2N3O. The van der Waals surface area contributed by atoms with Crippen LogP contribution in [-0.2, 0) is 4.74 Å². The van der Waals surface area contributed by atoms with Gasteiger partial charge in [0.05, 0.1) is 0 Å². The fourth-order valence-corrected chi connectivity index (χ4v) is 2.82. The van der Waals surface area contributed by atoms with Gasteiger partial charge in [0.25, 0.3) is 0 Å². The lowest BCUT2D eigenvalue weighted by Gasteiger charge is -2.12. The number of benzene rings is 1. The van der Waals surface area contributed by atoms with E-state index < -0.39 is 11.6 Å². The average Bonchev–Trinajstić information content (AvgIpc) is 3.46. The van der Waals surface area contributed by atoms with Crippen LogP contribution in [0.3, 0.4) is 0 Å². The molecule has 1 aromatic carbocycles. The molecule has 3 rings (SSSR count). The van der Waals surface area contributed by atoms with Crippen LogP contribution < -0.4 is 10.6 Å². The summed E-state index contributed by atoms with van der Waals surface area (Å²) in [6.45, 7) is 2.38. The summed E-state index contributed by atoms with van der Waals surface area (Å²) in [4.78, 5) is 4.16. The molecule has 0 amide bonds. The fraction of sp³-hybridized carbons (Fsp3) is 0.611. The van der Waals surface area contributed by atoms with Crippen LogP contribution in [0.5, 0.6) is 0 Å². The predicted molar refractivity (Wildman–Crippen MR) is 90.2 cm³/mol. The highest BCUT2D eigenvalue weighted by Crippen LogP contribution is 2.43. The smallest absolute Gasteiger partial charge is 0.191 e. The Labute approximate surface area is 141 Å². The highest BCUT2D eigenvalue weighted by Gasteiger charge is 2.42. The molecule has 0 radical (unpaired) electrons. The number of nitrogens with one attached hydrogen (secondary N) is 2. The number of aliphatic imine (C=N–C) groups is 1. The van der Waals surface area contributed by atoms with Crippen molar-refractivity contribution in [3.05, 3.63) is 35.4 Å². The van der Waals surface area contributed by atoms with Crippen LogP contribution in [-0.4, -0.2) is 38.8 Å². The Balaban J connectivity index is 1.37. The van der Waals surface area contributed by atoms with E-state index in [1.54, 1.807) is 7.05 Å². The Bertz CT molecular complexity index is 569. The third-order valence-corrected chi connectivity index (χ3v) is 4.52. The summed E-state index contributed by atoms with van der Waals surface area (Å²) in [5.41, 5.74) is 0.180. The summed E-state index contributed by atoms with van der Waals surface area (Å²) in [5.74, 6) is 0.381. The molecule has 132 valence electrons. The van der Waals surface area contributed by atoms with Gasteiger partial charge < -0.3 is 15.4 Å². The van der Waals surface area contributed by atoms with Crippen molar-refractivity contribution in [1.29, 1.82) is 0 Å². The highest BCUT2D eigenvalue weighted by molar-refractivity contribution is 5.80. The fourth-order valence-electron chi connectivity index (χ4n) is 2.82. The molecular weight excluding hydrogens is 312 g/mol. The van der Waals surface area contributed by atoms with Gasteiger partial charge in [0.2, 0.25) is 0 Å². The molecule has 0 heterocycles. The second-order valence-corrected chi connectivity index (χ2v) is 6.60. The number of halogens is 2. The maximum atomic E-state index is 13.8. The number of hydrogen-bond acceptors (Lipinski definition) is 2. The molecule has 2 aliphatic carbocycles. The predicted octanol–water partition coefficient (Wildman–Crippen LogP) is 2.80. The molecule has 2 aliphatic rings. The number of ether oxygens (including phenoxy) is 1. The number of hydrogen-bond donors (Lipinski definition) is 2. The van der Waals surface area contributed by atoms with Gasteiger partial charge in [0.15, 0.2) is 5.96 Å². The second kappa shape index (κ2) is 7.92. The summed E-state index contributed by atoms with van der Waals surface area (Å²) in [6.07, 6.45) is 4.23. The molecule has 2 unspecified atom stereocenters. The zero-order chi connectivity index (χ0) is 16.9. The zero-order valence-corrected chi connectivity index (χ0v) is 14.0. The largest absolute Gasteiger partial charge is 0.381 e. The van der Waals surface area contributed by atoms with Gasteiger partial charge in [-0.05, 0) is 43.7 Å². The van der Waals surface area contributed by atoms with Crippen molar-refractivity contribution < 1.29 is 13.5 Å². The lowest BCUT2D eigenvalue weighted by molar-refractivity contribution is 0.123. The summed E-state index contributed by atoms with van der Waals surface area (Å²) in [7, 11) is 1.69. The van der Waals surface area contributed by atoms with E-state index >= 15 is 0 Å². The monoisotopic (exact) mass is 337 g/mol. The first-order chi connectivity index (χ1) is 11.7. The van der Waals surface area contributed by atoms with Crippen LogP contribution in [0.4, 0.5) is 8.78 Å². The van der Waals surface area contributed by atoms with Crippen molar-refractivity contribution in [2.45, 2.75) is 37.6 Å². The van der Waals surface area contributed by atoms with Crippen molar-refractivity contribution in [3.63, 3.8) is 0 Å². The van der Waals surface area contributed by atoms with Gasteiger partial charge in [0, 0.05) is 44.3 Å². The van der Waals surface area contributed by atoms with Crippen LogP contribution in [0.2, 0.25) is 0 Å². The lowest BCUT2D eigenvalue weighted by atomic mass is 10.1. The summed E-state index contributed by atoms with van der Waals surface area (Å²) < 4.78 is 33.2. The van der Waals surface area contributed by atoms with Gasteiger partial charge in [0.1, 0.15) is 11.6 Å². The molecule has 0 bridgehead atoms. The van der Waals surface area contributed by atoms with E-state index in [4.69, 9.17) is 4.74 Å².